The van der Waals surface area contributed by atoms with E-state index in [9.17, 15) is 9.59 Å². The van der Waals surface area contributed by atoms with Crippen LogP contribution in [0.25, 0.3) is 11.4 Å². The van der Waals surface area contributed by atoms with E-state index >= 15 is 0 Å². The molecule has 9 heteroatoms. The molecule has 21 heavy (non-hydrogen) atoms. The van der Waals surface area contributed by atoms with E-state index in [1.807, 2.05) is 0 Å². The topological polar surface area (TPSA) is 102 Å². The van der Waals surface area contributed by atoms with E-state index in [1.54, 1.807) is 31.2 Å². The Kier molecular flexibility index (Phi) is 4.83. The molecule has 110 valence electrons. The van der Waals surface area contributed by atoms with E-state index in [4.69, 9.17) is 11.6 Å². The first-order valence-corrected chi connectivity index (χ1v) is 6.57. The normalized spacial score (nSPS) is 10.2. The van der Waals surface area contributed by atoms with Crippen molar-refractivity contribution in [1.29, 1.82) is 0 Å². The molecule has 0 aliphatic heterocycles. The van der Waals surface area contributed by atoms with Crippen LogP contribution in [0.15, 0.2) is 24.3 Å². The number of imide groups is 1. The van der Waals surface area contributed by atoms with E-state index in [0.29, 0.717) is 23.0 Å². The summed E-state index contributed by atoms with van der Waals surface area (Å²) in [6.45, 7) is 1.98. The Hall–Kier alpha value is -2.48. The lowest BCUT2D eigenvalue weighted by Crippen LogP contribution is -2.41. The molecule has 0 spiro atoms. The van der Waals surface area contributed by atoms with Gasteiger partial charge in [-0.1, -0.05) is 23.7 Å². The minimum atomic E-state index is -0.558. The number of carbonyl (C=O) groups is 2. The minimum Gasteiger partial charge on any atom is -0.338 e. The molecule has 8 nitrogen and oxygen atoms in total. The molecule has 0 saturated carbocycles. The van der Waals surface area contributed by atoms with Crippen LogP contribution in [-0.2, 0) is 11.3 Å². The van der Waals surface area contributed by atoms with Crippen LogP contribution < -0.4 is 10.6 Å². The molecule has 1 heterocycles. The van der Waals surface area contributed by atoms with Gasteiger partial charge in [-0.15, -0.1) is 10.2 Å². The van der Waals surface area contributed by atoms with Crippen molar-refractivity contribution in [3.8, 4) is 11.4 Å². The second kappa shape index (κ2) is 6.80. The number of halogens is 1. The summed E-state index contributed by atoms with van der Waals surface area (Å²) < 4.78 is 0. The number of rotatable bonds is 4. The van der Waals surface area contributed by atoms with Gasteiger partial charge in [-0.05, 0) is 24.3 Å². The first kappa shape index (κ1) is 14.9. The number of nitrogens with zero attached hydrogens (tertiary/aromatic N) is 4. The SMILES string of the molecule is CCNC(=O)NC(=O)Cn1nnc(-c2cccc(Cl)c2)n1. The van der Waals surface area contributed by atoms with Gasteiger partial charge in [0.2, 0.25) is 5.82 Å². The van der Waals surface area contributed by atoms with Crippen molar-refractivity contribution in [2.75, 3.05) is 6.54 Å². The molecule has 0 aliphatic carbocycles. The molecule has 1 aromatic heterocycles. The van der Waals surface area contributed by atoms with Crippen molar-refractivity contribution in [2.45, 2.75) is 13.5 Å². The zero-order chi connectivity index (χ0) is 15.2. The zero-order valence-electron chi connectivity index (χ0n) is 11.2. The summed E-state index contributed by atoms with van der Waals surface area (Å²) in [4.78, 5) is 23.9. The molecule has 0 bridgehead atoms. The average molecular weight is 309 g/mol. The number of tetrazole rings is 1. The van der Waals surface area contributed by atoms with Crippen molar-refractivity contribution in [3.05, 3.63) is 29.3 Å². The molecule has 0 unspecified atom stereocenters. The van der Waals surface area contributed by atoms with Gasteiger partial charge in [-0.3, -0.25) is 10.1 Å². The number of hydrogen-bond acceptors (Lipinski definition) is 5. The number of urea groups is 1. The highest BCUT2D eigenvalue weighted by molar-refractivity contribution is 6.30. The Balaban J connectivity index is 2.00. The quantitative estimate of drug-likeness (QED) is 0.871. The van der Waals surface area contributed by atoms with Gasteiger partial charge >= 0.3 is 6.03 Å². The first-order valence-electron chi connectivity index (χ1n) is 6.20. The Labute approximate surface area is 125 Å². The molecular weight excluding hydrogens is 296 g/mol. The monoisotopic (exact) mass is 308 g/mol. The third kappa shape index (κ3) is 4.25. The van der Waals surface area contributed by atoms with Crippen LogP contribution in [-0.4, -0.2) is 38.7 Å². The summed E-state index contributed by atoms with van der Waals surface area (Å²) in [5.74, 6) is -0.181. The molecule has 1 aromatic carbocycles. The van der Waals surface area contributed by atoms with Crippen molar-refractivity contribution >= 4 is 23.5 Å². The number of nitrogens with one attached hydrogen (secondary N) is 2. The summed E-state index contributed by atoms with van der Waals surface area (Å²) in [7, 11) is 0. The van der Waals surface area contributed by atoms with Gasteiger partial charge in [0.15, 0.2) is 0 Å². The molecule has 0 atom stereocenters. The third-order valence-corrected chi connectivity index (χ3v) is 2.65. The van der Waals surface area contributed by atoms with Gasteiger partial charge in [0.1, 0.15) is 6.54 Å². The fraction of sp³-hybridized carbons (Fsp3) is 0.250. The van der Waals surface area contributed by atoms with Gasteiger partial charge in [0.05, 0.1) is 0 Å². The summed E-state index contributed by atoms with van der Waals surface area (Å²) in [6.07, 6.45) is 0. The summed E-state index contributed by atoms with van der Waals surface area (Å²) >= 11 is 5.88. The van der Waals surface area contributed by atoms with Gasteiger partial charge in [0.25, 0.3) is 5.91 Å². The summed E-state index contributed by atoms with van der Waals surface area (Å²) in [5.41, 5.74) is 0.692. The number of benzene rings is 1. The predicted octanol–water partition coefficient (Wildman–Crippen LogP) is 0.839. The van der Waals surface area contributed by atoms with Gasteiger partial charge in [-0.25, -0.2) is 4.79 Å². The van der Waals surface area contributed by atoms with Crippen LogP contribution >= 0.6 is 11.6 Å². The average Bonchev–Trinajstić information content (AvgIpc) is 2.87. The summed E-state index contributed by atoms with van der Waals surface area (Å²) in [5, 5.41) is 16.8. The Morgan fingerprint density at radius 1 is 1.38 bits per heavy atom. The molecule has 2 N–H and O–H groups in total. The van der Waals surface area contributed by atoms with E-state index in [1.165, 1.54) is 0 Å². The summed E-state index contributed by atoms with van der Waals surface area (Å²) in [6, 6.07) is 6.41. The third-order valence-electron chi connectivity index (χ3n) is 2.41. The minimum absolute atomic E-state index is 0.204. The van der Waals surface area contributed by atoms with Crippen molar-refractivity contribution in [3.63, 3.8) is 0 Å². The van der Waals surface area contributed by atoms with Gasteiger partial charge in [0, 0.05) is 17.1 Å². The highest BCUT2D eigenvalue weighted by Gasteiger charge is 2.11. The van der Waals surface area contributed by atoms with Crippen LogP contribution in [0.5, 0.6) is 0 Å². The highest BCUT2D eigenvalue weighted by atomic mass is 35.5. The lowest BCUT2D eigenvalue weighted by atomic mass is 10.2. The van der Waals surface area contributed by atoms with Gasteiger partial charge < -0.3 is 5.32 Å². The maximum atomic E-state index is 11.6. The predicted molar refractivity (Wildman–Crippen MR) is 75.5 cm³/mol. The first-order chi connectivity index (χ1) is 10.1. The van der Waals surface area contributed by atoms with E-state index < -0.39 is 11.9 Å². The van der Waals surface area contributed by atoms with Crippen molar-refractivity contribution in [2.24, 2.45) is 0 Å². The second-order valence-electron chi connectivity index (χ2n) is 4.06. The van der Waals surface area contributed by atoms with Gasteiger partial charge in [-0.2, -0.15) is 4.80 Å². The Morgan fingerprint density at radius 3 is 2.90 bits per heavy atom. The number of amides is 3. The molecule has 0 saturated heterocycles. The maximum Gasteiger partial charge on any atom is 0.321 e. The zero-order valence-corrected chi connectivity index (χ0v) is 12.0. The fourth-order valence-electron chi connectivity index (χ4n) is 1.55. The van der Waals surface area contributed by atoms with E-state index in [0.717, 1.165) is 4.80 Å². The van der Waals surface area contributed by atoms with Crippen molar-refractivity contribution < 1.29 is 9.59 Å². The lowest BCUT2D eigenvalue weighted by Gasteiger charge is -2.03. The van der Waals surface area contributed by atoms with Crippen LogP contribution in [0.1, 0.15) is 6.92 Å². The molecule has 3 amide bonds. The van der Waals surface area contributed by atoms with E-state index in [-0.39, 0.29) is 6.54 Å². The van der Waals surface area contributed by atoms with E-state index in [2.05, 4.69) is 26.0 Å². The molecule has 0 fully saturated rings. The highest BCUT2D eigenvalue weighted by Crippen LogP contribution is 2.18. The van der Waals surface area contributed by atoms with Crippen LogP contribution in [0.3, 0.4) is 0 Å². The number of hydrogen-bond donors (Lipinski definition) is 2. The molecule has 2 rings (SSSR count). The smallest absolute Gasteiger partial charge is 0.321 e. The molecular formula is C12H13ClN6O2. The molecule has 2 aromatic rings. The number of carbonyl (C=O) groups excluding carboxylic acids is 2. The largest absolute Gasteiger partial charge is 0.338 e. The lowest BCUT2D eigenvalue weighted by molar-refractivity contribution is -0.121. The Bertz CT molecular complexity index is 657. The molecule has 0 radical (unpaired) electrons. The van der Waals surface area contributed by atoms with Crippen LogP contribution in [0.2, 0.25) is 5.02 Å². The fourth-order valence-corrected chi connectivity index (χ4v) is 1.74. The molecule has 0 aliphatic rings. The van der Waals surface area contributed by atoms with Crippen molar-refractivity contribution in [1.82, 2.24) is 30.8 Å². The second-order valence-corrected chi connectivity index (χ2v) is 4.50. The van der Waals surface area contributed by atoms with Crippen LogP contribution in [0.4, 0.5) is 4.79 Å². The standard InChI is InChI=1S/C12H13ClN6O2/c1-2-14-12(21)15-10(20)7-19-17-11(16-18-19)8-4-3-5-9(13)6-8/h3-6H,2,7H2,1H3,(H2,14,15,20,21). The Morgan fingerprint density at radius 2 is 2.19 bits per heavy atom. The maximum absolute atomic E-state index is 11.6. The van der Waals surface area contributed by atoms with Crippen LogP contribution in [0, 0.1) is 0 Å². The number of aromatic nitrogens is 4.